The van der Waals surface area contributed by atoms with Gasteiger partial charge in [-0.05, 0) is 43.4 Å². The highest BCUT2D eigenvalue weighted by atomic mass is 35.5. The van der Waals surface area contributed by atoms with Gasteiger partial charge in [0.05, 0.1) is 0 Å². The van der Waals surface area contributed by atoms with Crippen molar-refractivity contribution in [2.24, 2.45) is 5.92 Å². The molecule has 0 fully saturated rings. The normalized spacial score (nSPS) is 12.6. The van der Waals surface area contributed by atoms with Gasteiger partial charge in [0.1, 0.15) is 0 Å². The third-order valence-corrected chi connectivity index (χ3v) is 5.36. The van der Waals surface area contributed by atoms with E-state index in [9.17, 15) is 4.79 Å². The van der Waals surface area contributed by atoms with E-state index >= 15 is 0 Å². The van der Waals surface area contributed by atoms with E-state index in [1.807, 2.05) is 43.4 Å². The SMILES string of the molecule is CNCC(C(=O)c1ccccc1)C(CCCc1ccccc1)c1ccccc1.Cl. The molecule has 0 aliphatic carbocycles. The molecule has 0 aliphatic rings. The third-order valence-electron chi connectivity index (χ3n) is 5.36. The molecular weight excluding hydrogens is 378 g/mol. The molecule has 2 nitrogen and oxygen atoms in total. The van der Waals surface area contributed by atoms with Gasteiger partial charge in [-0.25, -0.2) is 0 Å². The fourth-order valence-electron chi connectivity index (χ4n) is 3.93. The van der Waals surface area contributed by atoms with Crippen LogP contribution in [-0.2, 0) is 6.42 Å². The number of hydrogen-bond donors (Lipinski definition) is 1. The van der Waals surface area contributed by atoms with E-state index in [2.05, 4.69) is 59.9 Å². The molecule has 0 heterocycles. The van der Waals surface area contributed by atoms with Crippen LogP contribution in [0.25, 0.3) is 0 Å². The Kier molecular flexibility index (Phi) is 9.63. The Balaban J connectivity index is 0.00000300. The van der Waals surface area contributed by atoms with Crippen molar-refractivity contribution in [3.8, 4) is 0 Å². The Labute approximate surface area is 180 Å². The number of carbonyl (C=O) groups excluding carboxylic acids is 1. The lowest BCUT2D eigenvalue weighted by molar-refractivity contribution is 0.0895. The fourth-order valence-corrected chi connectivity index (χ4v) is 3.93. The van der Waals surface area contributed by atoms with Crippen LogP contribution in [0.5, 0.6) is 0 Å². The predicted octanol–water partition coefficient (Wildman–Crippen LogP) is 5.93. The Morgan fingerprint density at radius 2 is 1.38 bits per heavy atom. The number of aryl methyl sites for hydroxylation is 1. The van der Waals surface area contributed by atoms with Crippen molar-refractivity contribution in [3.05, 3.63) is 108 Å². The Morgan fingerprint density at radius 3 is 1.97 bits per heavy atom. The minimum Gasteiger partial charge on any atom is -0.319 e. The second kappa shape index (κ2) is 12.2. The van der Waals surface area contributed by atoms with Crippen molar-refractivity contribution in [1.29, 1.82) is 0 Å². The summed E-state index contributed by atoms with van der Waals surface area (Å²) in [6.45, 7) is 0.679. The summed E-state index contributed by atoms with van der Waals surface area (Å²) < 4.78 is 0. The molecule has 1 N–H and O–H groups in total. The van der Waals surface area contributed by atoms with Crippen LogP contribution in [0.1, 0.15) is 40.2 Å². The number of carbonyl (C=O) groups is 1. The minimum absolute atomic E-state index is 0. The van der Waals surface area contributed by atoms with Gasteiger partial charge < -0.3 is 5.32 Å². The molecule has 3 aromatic rings. The molecule has 3 rings (SSSR count). The van der Waals surface area contributed by atoms with Crippen LogP contribution >= 0.6 is 12.4 Å². The molecule has 0 aliphatic heterocycles. The standard InChI is InChI=1S/C26H29NO.ClH/c1-27-20-25(26(28)23-17-9-4-10-18-23)24(22-15-7-3-8-16-22)19-11-14-21-12-5-2-6-13-21;/h2-10,12-13,15-18,24-25,27H,11,14,19-20H2,1H3;1H. The van der Waals surface area contributed by atoms with E-state index in [1.54, 1.807) is 0 Å². The van der Waals surface area contributed by atoms with Gasteiger partial charge in [-0.3, -0.25) is 4.79 Å². The molecule has 0 saturated carbocycles. The minimum atomic E-state index is -0.0782. The maximum Gasteiger partial charge on any atom is 0.167 e. The van der Waals surface area contributed by atoms with Crippen LogP contribution in [0.3, 0.4) is 0 Å². The average molecular weight is 408 g/mol. The number of Topliss-reactive ketones (excluding diaryl/α,β-unsaturated/α-hetero) is 1. The fraction of sp³-hybridized carbons (Fsp3) is 0.269. The van der Waals surface area contributed by atoms with Crippen LogP contribution in [0.4, 0.5) is 0 Å². The Bertz CT molecular complexity index is 836. The second-order valence-corrected chi connectivity index (χ2v) is 7.29. The first-order valence-corrected chi connectivity index (χ1v) is 10.1. The van der Waals surface area contributed by atoms with E-state index in [0.29, 0.717) is 6.54 Å². The zero-order valence-electron chi connectivity index (χ0n) is 17.0. The number of nitrogens with one attached hydrogen (secondary N) is 1. The van der Waals surface area contributed by atoms with Gasteiger partial charge >= 0.3 is 0 Å². The molecule has 0 aromatic heterocycles. The third kappa shape index (κ3) is 6.56. The largest absolute Gasteiger partial charge is 0.319 e. The molecule has 0 radical (unpaired) electrons. The first-order valence-electron chi connectivity index (χ1n) is 10.1. The number of halogens is 1. The van der Waals surface area contributed by atoms with Gasteiger partial charge in [0.2, 0.25) is 0 Å². The first-order chi connectivity index (χ1) is 13.8. The lowest BCUT2D eigenvalue weighted by Crippen LogP contribution is -2.32. The smallest absolute Gasteiger partial charge is 0.167 e. The van der Waals surface area contributed by atoms with E-state index in [-0.39, 0.29) is 30.0 Å². The molecule has 29 heavy (non-hydrogen) atoms. The number of hydrogen-bond acceptors (Lipinski definition) is 2. The molecule has 2 unspecified atom stereocenters. The van der Waals surface area contributed by atoms with Gasteiger partial charge in [0, 0.05) is 18.0 Å². The molecular formula is C26H30ClNO. The van der Waals surface area contributed by atoms with Crippen molar-refractivity contribution in [1.82, 2.24) is 5.32 Å². The van der Waals surface area contributed by atoms with Gasteiger partial charge in [0.25, 0.3) is 0 Å². The van der Waals surface area contributed by atoms with Gasteiger partial charge in [-0.1, -0.05) is 91.0 Å². The second-order valence-electron chi connectivity index (χ2n) is 7.29. The summed E-state index contributed by atoms with van der Waals surface area (Å²) in [5.74, 6) is 0.346. The maximum absolute atomic E-state index is 13.3. The van der Waals surface area contributed by atoms with Crippen molar-refractivity contribution >= 4 is 18.2 Å². The summed E-state index contributed by atoms with van der Waals surface area (Å²) in [5.41, 5.74) is 3.40. The van der Waals surface area contributed by atoms with Gasteiger partial charge in [0.15, 0.2) is 5.78 Å². The van der Waals surface area contributed by atoms with E-state index < -0.39 is 0 Å². The zero-order chi connectivity index (χ0) is 19.6. The average Bonchev–Trinajstić information content (AvgIpc) is 2.77. The highest BCUT2D eigenvalue weighted by Crippen LogP contribution is 2.32. The molecule has 0 saturated heterocycles. The Morgan fingerprint density at radius 1 is 0.828 bits per heavy atom. The highest BCUT2D eigenvalue weighted by molar-refractivity contribution is 5.98. The summed E-state index contributed by atoms with van der Waals surface area (Å²) in [6.07, 6.45) is 3.09. The van der Waals surface area contributed by atoms with E-state index in [4.69, 9.17) is 0 Å². The first kappa shape index (κ1) is 22.9. The summed E-state index contributed by atoms with van der Waals surface area (Å²) in [6, 6.07) is 30.8. The van der Waals surface area contributed by atoms with Crippen LogP contribution in [0.2, 0.25) is 0 Å². The zero-order valence-corrected chi connectivity index (χ0v) is 17.8. The number of ketones is 1. The topological polar surface area (TPSA) is 29.1 Å². The number of rotatable bonds is 10. The van der Waals surface area contributed by atoms with E-state index in [1.165, 1.54) is 11.1 Å². The molecule has 0 spiro atoms. The van der Waals surface area contributed by atoms with Crippen molar-refractivity contribution in [3.63, 3.8) is 0 Å². The molecule has 2 atom stereocenters. The molecule has 3 aromatic carbocycles. The van der Waals surface area contributed by atoms with Crippen molar-refractivity contribution in [2.45, 2.75) is 25.2 Å². The predicted molar refractivity (Wildman–Crippen MR) is 124 cm³/mol. The molecule has 0 bridgehead atoms. The molecule has 152 valence electrons. The quantitative estimate of drug-likeness (QED) is 0.422. The van der Waals surface area contributed by atoms with E-state index in [0.717, 1.165) is 24.8 Å². The monoisotopic (exact) mass is 407 g/mol. The highest BCUT2D eigenvalue weighted by Gasteiger charge is 2.29. The summed E-state index contributed by atoms with van der Waals surface area (Å²) in [4.78, 5) is 13.3. The van der Waals surface area contributed by atoms with Crippen LogP contribution in [0, 0.1) is 5.92 Å². The lowest BCUT2D eigenvalue weighted by Gasteiger charge is -2.27. The van der Waals surface area contributed by atoms with Gasteiger partial charge in [-0.15, -0.1) is 12.4 Å². The van der Waals surface area contributed by atoms with Crippen molar-refractivity contribution in [2.75, 3.05) is 13.6 Å². The maximum atomic E-state index is 13.3. The Hall–Kier alpha value is -2.42. The van der Waals surface area contributed by atoms with Crippen LogP contribution < -0.4 is 5.32 Å². The number of benzene rings is 3. The van der Waals surface area contributed by atoms with Crippen LogP contribution in [0.15, 0.2) is 91.0 Å². The lowest BCUT2D eigenvalue weighted by atomic mass is 9.78. The molecule has 0 amide bonds. The summed E-state index contributed by atoms with van der Waals surface area (Å²) in [7, 11) is 1.93. The summed E-state index contributed by atoms with van der Waals surface area (Å²) >= 11 is 0. The summed E-state index contributed by atoms with van der Waals surface area (Å²) in [5, 5.41) is 3.26. The molecule has 3 heteroatoms. The van der Waals surface area contributed by atoms with Gasteiger partial charge in [-0.2, -0.15) is 0 Å². The van der Waals surface area contributed by atoms with Crippen LogP contribution in [-0.4, -0.2) is 19.4 Å². The van der Waals surface area contributed by atoms with Crippen molar-refractivity contribution < 1.29 is 4.79 Å².